The number of nitrogens with zero attached hydrogens (tertiary/aromatic N) is 3. The van der Waals surface area contributed by atoms with Crippen LogP contribution in [0.25, 0.3) is 0 Å². The molecule has 134 valence electrons. The minimum Gasteiger partial charge on any atom is -0.343 e. The second kappa shape index (κ2) is 7.06. The van der Waals surface area contributed by atoms with Gasteiger partial charge in [0.15, 0.2) is 0 Å². The third kappa shape index (κ3) is 3.46. The molecule has 25 heavy (non-hydrogen) atoms. The van der Waals surface area contributed by atoms with Crippen molar-refractivity contribution in [2.24, 2.45) is 21.8 Å². The first kappa shape index (κ1) is 17.0. The molecule has 2 atom stereocenters. The van der Waals surface area contributed by atoms with E-state index in [0.717, 1.165) is 50.2 Å². The Morgan fingerprint density at radius 1 is 1.24 bits per heavy atom. The van der Waals surface area contributed by atoms with Gasteiger partial charge in [0.05, 0.1) is 5.04 Å². The number of carbonyl (C=O) groups is 2. The Hall–Kier alpha value is -1.43. The highest BCUT2D eigenvalue weighted by Crippen LogP contribution is 2.48. The van der Waals surface area contributed by atoms with Crippen molar-refractivity contribution >= 4 is 34.5 Å². The van der Waals surface area contributed by atoms with Gasteiger partial charge in [-0.25, -0.2) is 4.99 Å². The van der Waals surface area contributed by atoms with Crippen molar-refractivity contribution in [1.82, 2.24) is 4.90 Å². The molecular weight excluding hydrogens is 334 g/mol. The van der Waals surface area contributed by atoms with Crippen LogP contribution in [0.1, 0.15) is 58.3 Å². The summed E-state index contributed by atoms with van der Waals surface area (Å²) in [5.74, 6) is 1.11. The van der Waals surface area contributed by atoms with E-state index in [0.29, 0.717) is 24.6 Å². The summed E-state index contributed by atoms with van der Waals surface area (Å²) in [5, 5.41) is 0.902. The SMILES string of the molecule is CC1CCC2=C(C1)SC1=NC(CCC(=O)N3CCCCC3)=NC(=O)C12. The molecule has 1 fully saturated rings. The van der Waals surface area contributed by atoms with E-state index in [2.05, 4.69) is 16.9 Å². The molecule has 0 spiro atoms. The number of fused-ring (bicyclic) bond motifs is 2. The van der Waals surface area contributed by atoms with Crippen LogP contribution < -0.4 is 0 Å². The minimum atomic E-state index is -0.214. The average molecular weight is 359 g/mol. The predicted molar refractivity (Wildman–Crippen MR) is 101 cm³/mol. The molecule has 1 saturated heterocycles. The number of amides is 2. The Morgan fingerprint density at radius 2 is 2.04 bits per heavy atom. The van der Waals surface area contributed by atoms with Crippen molar-refractivity contribution in [1.29, 1.82) is 0 Å². The molecular formula is C19H25N3O2S. The smallest absolute Gasteiger partial charge is 0.261 e. The summed E-state index contributed by atoms with van der Waals surface area (Å²) in [6, 6.07) is 0. The molecule has 5 nitrogen and oxygen atoms in total. The predicted octanol–water partition coefficient (Wildman–Crippen LogP) is 3.55. The molecule has 0 radical (unpaired) electrons. The number of piperidine rings is 1. The molecule has 4 aliphatic rings. The lowest BCUT2D eigenvalue weighted by Crippen LogP contribution is -2.35. The number of hydrogen-bond acceptors (Lipinski definition) is 4. The van der Waals surface area contributed by atoms with Gasteiger partial charge in [-0.3, -0.25) is 9.59 Å². The van der Waals surface area contributed by atoms with Crippen LogP contribution in [0, 0.1) is 11.8 Å². The van der Waals surface area contributed by atoms with Gasteiger partial charge < -0.3 is 4.90 Å². The van der Waals surface area contributed by atoms with E-state index in [1.165, 1.54) is 16.9 Å². The molecule has 0 saturated carbocycles. The highest BCUT2D eigenvalue weighted by Gasteiger charge is 2.41. The second-order valence-corrected chi connectivity index (χ2v) is 8.70. The van der Waals surface area contributed by atoms with Crippen LogP contribution in [0.2, 0.25) is 0 Å². The van der Waals surface area contributed by atoms with Crippen LogP contribution in [-0.4, -0.2) is 40.7 Å². The highest BCUT2D eigenvalue weighted by molar-refractivity contribution is 8.17. The number of rotatable bonds is 3. The molecule has 2 unspecified atom stereocenters. The molecule has 0 aromatic rings. The zero-order valence-electron chi connectivity index (χ0n) is 14.8. The maximum Gasteiger partial charge on any atom is 0.261 e. The third-order valence-electron chi connectivity index (χ3n) is 5.62. The first-order valence-corrected chi connectivity index (χ1v) is 10.3. The van der Waals surface area contributed by atoms with Crippen molar-refractivity contribution in [3.05, 3.63) is 10.5 Å². The minimum absolute atomic E-state index is 0.0718. The van der Waals surface area contributed by atoms with E-state index in [-0.39, 0.29) is 17.7 Å². The van der Waals surface area contributed by atoms with E-state index >= 15 is 0 Å². The molecule has 1 aliphatic carbocycles. The van der Waals surface area contributed by atoms with Crippen LogP contribution in [-0.2, 0) is 9.59 Å². The Balaban J connectivity index is 1.40. The fourth-order valence-corrected chi connectivity index (χ4v) is 5.64. The monoisotopic (exact) mass is 359 g/mol. The Bertz CT molecular complexity index is 689. The number of allylic oxidation sites excluding steroid dienone is 1. The molecule has 2 amide bonds. The van der Waals surface area contributed by atoms with E-state index in [4.69, 9.17) is 0 Å². The maximum atomic E-state index is 12.6. The van der Waals surface area contributed by atoms with Crippen molar-refractivity contribution in [3.63, 3.8) is 0 Å². The van der Waals surface area contributed by atoms with E-state index in [9.17, 15) is 9.59 Å². The topological polar surface area (TPSA) is 62.1 Å². The third-order valence-corrected chi connectivity index (χ3v) is 6.83. The first-order valence-electron chi connectivity index (χ1n) is 9.49. The van der Waals surface area contributed by atoms with Gasteiger partial charge in [-0.1, -0.05) is 18.7 Å². The molecule has 6 heteroatoms. The summed E-state index contributed by atoms with van der Waals surface area (Å²) in [4.78, 5) is 37.0. The van der Waals surface area contributed by atoms with Gasteiger partial charge in [-0.05, 0) is 54.9 Å². The largest absolute Gasteiger partial charge is 0.343 e. The average Bonchev–Trinajstić information content (AvgIpc) is 2.98. The normalized spacial score (nSPS) is 29.2. The van der Waals surface area contributed by atoms with Gasteiger partial charge in [0.2, 0.25) is 5.91 Å². The van der Waals surface area contributed by atoms with Gasteiger partial charge in [0.25, 0.3) is 5.91 Å². The highest BCUT2D eigenvalue weighted by atomic mass is 32.2. The summed E-state index contributed by atoms with van der Waals surface area (Å²) in [6.07, 6.45) is 7.50. The van der Waals surface area contributed by atoms with Gasteiger partial charge >= 0.3 is 0 Å². The van der Waals surface area contributed by atoms with Gasteiger partial charge in [-0.2, -0.15) is 4.99 Å². The number of thioether (sulfide) groups is 1. The molecule has 0 aromatic carbocycles. The van der Waals surface area contributed by atoms with Crippen molar-refractivity contribution < 1.29 is 9.59 Å². The molecule has 0 N–H and O–H groups in total. The van der Waals surface area contributed by atoms with Gasteiger partial charge in [-0.15, -0.1) is 0 Å². The van der Waals surface area contributed by atoms with Gasteiger partial charge in [0.1, 0.15) is 11.8 Å². The van der Waals surface area contributed by atoms with Crippen LogP contribution in [0.4, 0.5) is 0 Å². The van der Waals surface area contributed by atoms with Crippen LogP contribution in [0.5, 0.6) is 0 Å². The van der Waals surface area contributed by atoms with Crippen LogP contribution in [0.3, 0.4) is 0 Å². The summed E-state index contributed by atoms with van der Waals surface area (Å²) in [7, 11) is 0. The summed E-state index contributed by atoms with van der Waals surface area (Å²) >= 11 is 1.68. The van der Waals surface area contributed by atoms with E-state index < -0.39 is 0 Å². The lowest BCUT2D eigenvalue weighted by Gasteiger charge is -2.26. The zero-order valence-corrected chi connectivity index (χ0v) is 15.6. The molecule has 4 rings (SSSR count). The quantitative estimate of drug-likeness (QED) is 0.774. The molecule has 0 bridgehead atoms. The second-order valence-electron chi connectivity index (χ2n) is 7.59. The standard InChI is InChI=1S/C19H25N3O2S/c1-12-5-6-13-14(11-12)25-19-17(13)18(24)20-15(21-19)7-8-16(23)22-9-3-2-4-10-22/h12,17H,2-11H2,1H3. The van der Waals surface area contributed by atoms with Crippen LogP contribution >= 0.6 is 11.8 Å². The van der Waals surface area contributed by atoms with Crippen molar-refractivity contribution in [2.45, 2.75) is 58.3 Å². The Kier molecular flexibility index (Phi) is 4.80. The van der Waals surface area contributed by atoms with Gasteiger partial charge in [0, 0.05) is 25.9 Å². The Labute approximate surface area is 153 Å². The zero-order chi connectivity index (χ0) is 17.4. The summed E-state index contributed by atoms with van der Waals surface area (Å²) < 4.78 is 0. The number of carbonyl (C=O) groups excluding carboxylic acids is 2. The fourth-order valence-electron chi connectivity index (χ4n) is 4.16. The lowest BCUT2D eigenvalue weighted by molar-refractivity contribution is -0.132. The number of aliphatic imine (C=N–C) groups is 2. The summed E-state index contributed by atoms with van der Waals surface area (Å²) in [5.41, 5.74) is 1.26. The van der Waals surface area contributed by atoms with Crippen molar-refractivity contribution in [2.75, 3.05) is 13.1 Å². The number of hydrogen-bond donors (Lipinski definition) is 0. The molecule has 3 heterocycles. The molecule has 0 aromatic heterocycles. The number of likely N-dealkylation sites (tertiary alicyclic amines) is 1. The van der Waals surface area contributed by atoms with E-state index in [1.807, 2.05) is 4.90 Å². The summed E-state index contributed by atoms with van der Waals surface area (Å²) in [6.45, 7) is 4.00. The Morgan fingerprint density at radius 3 is 2.84 bits per heavy atom. The van der Waals surface area contributed by atoms with Crippen LogP contribution in [0.15, 0.2) is 20.5 Å². The fraction of sp³-hybridized carbons (Fsp3) is 0.684. The van der Waals surface area contributed by atoms with Crippen molar-refractivity contribution in [3.8, 4) is 0 Å². The van der Waals surface area contributed by atoms with E-state index in [1.54, 1.807) is 11.8 Å². The lowest BCUT2D eigenvalue weighted by atomic mass is 9.84. The molecule has 3 aliphatic heterocycles. The number of amidine groups is 1. The maximum absolute atomic E-state index is 12.6. The first-order chi connectivity index (χ1) is 12.1.